The summed E-state index contributed by atoms with van der Waals surface area (Å²) in [5.41, 5.74) is 5.64. The van der Waals surface area contributed by atoms with Gasteiger partial charge in [-0.2, -0.15) is 0 Å². The first-order valence-electron chi connectivity index (χ1n) is 4.84. The largest absolute Gasteiger partial charge is 0.377 e. The molecule has 0 aromatic carbocycles. The zero-order chi connectivity index (χ0) is 9.42. The quantitative estimate of drug-likeness (QED) is 0.602. The molecule has 1 heterocycles. The summed E-state index contributed by atoms with van der Waals surface area (Å²) in [6.07, 6.45) is 0.864. The number of ether oxygens (including phenoxy) is 1. The van der Waals surface area contributed by atoms with Crippen molar-refractivity contribution in [3.8, 4) is 0 Å². The van der Waals surface area contributed by atoms with Crippen molar-refractivity contribution in [1.82, 2.24) is 4.90 Å². The molecule has 1 aliphatic carbocycles. The van der Waals surface area contributed by atoms with Crippen molar-refractivity contribution in [2.45, 2.75) is 25.4 Å². The summed E-state index contributed by atoms with van der Waals surface area (Å²) in [5.74, 6) is 0.323. The van der Waals surface area contributed by atoms with Crippen LogP contribution in [0, 0.1) is 5.92 Å². The minimum Gasteiger partial charge on any atom is -0.377 e. The maximum atomic E-state index is 11.8. The molecule has 3 atom stereocenters. The van der Waals surface area contributed by atoms with Crippen LogP contribution in [0.5, 0.6) is 0 Å². The molecular formula is C9H16N2O2. The highest BCUT2D eigenvalue weighted by molar-refractivity contribution is 5.82. The van der Waals surface area contributed by atoms with Gasteiger partial charge in [0.2, 0.25) is 5.91 Å². The fourth-order valence-electron chi connectivity index (χ4n) is 1.77. The van der Waals surface area contributed by atoms with Crippen LogP contribution in [0.25, 0.3) is 0 Å². The second-order valence-corrected chi connectivity index (χ2v) is 3.96. The van der Waals surface area contributed by atoms with Gasteiger partial charge in [-0.05, 0) is 13.3 Å². The van der Waals surface area contributed by atoms with Crippen LogP contribution in [0.1, 0.15) is 13.3 Å². The Hall–Kier alpha value is -0.610. The van der Waals surface area contributed by atoms with Crippen LogP contribution >= 0.6 is 0 Å². The highest BCUT2D eigenvalue weighted by Gasteiger charge is 2.43. The van der Waals surface area contributed by atoms with E-state index in [4.69, 9.17) is 10.5 Å². The van der Waals surface area contributed by atoms with Crippen molar-refractivity contribution < 1.29 is 9.53 Å². The Balaban J connectivity index is 1.94. The summed E-state index contributed by atoms with van der Waals surface area (Å²) >= 11 is 0. The Morgan fingerprint density at radius 2 is 2.31 bits per heavy atom. The number of hydrogen-bond acceptors (Lipinski definition) is 3. The van der Waals surface area contributed by atoms with E-state index in [1.54, 1.807) is 0 Å². The van der Waals surface area contributed by atoms with Gasteiger partial charge in [-0.15, -0.1) is 0 Å². The van der Waals surface area contributed by atoms with Crippen molar-refractivity contribution in [2.24, 2.45) is 11.7 Å². The summed E-state index contributed by atoms with van der Waals surface area (Å²) in [6, 6.07) is 0.330. The average Bonchev–Trinajstić information content (AvgIpc) is 2.82. The van der Waals surface area contributed by atoms with Crippen molar-refractivity contribution in [2.75, 3.05) is 19.8 Å². The van der Waals surface area contributed by atoms with Crippen LogP contribution in [-0.4, -0.2) is 42.6 Å². The van der Waals surface area contributed by atoms with Crippen LogP contribution in [0.3, 0.4) is 0 Å². The summed E-state index contributed by atoms with van der Waals surface area (Å²) in [4.78, 5) is 13.7. The normalized spacial score (nSPS) is 38.9. The molecule has 0 bridgehead atoms. The fourth-order valence-corrected chi connectivity index (χ4v) is 1.77. The number of carbonyl (C=O) groups is 1. The summed E-state index contributed by atoms with van der Waals surface area (Å²) in [6.45, 7) is 4.07. The monoisotopic (exact) mass is 184 g/mol. The van der Waals surface area contributed by atoms with E-state index in [0.29, 0.717) is 13.2 Å². The van der Waals surface area contributed by atoms with Gasteiger partial charge in [0, 0.05) is 12.6 Å². The number of rotatable bonds is 1. The lowest BCUT2D eigenvalue weighted by molar-refractivity contribution is -0.140. The Labute approximate surface area is 78.0 Å². The van der Waals surface area contributed by atoms with Crippen LogP contribution in [0.2, 0.25) is 0 Å². The van der Waals surface area contributed by atoms with Crippen LogP contribution in [0.4, 0.5) is 0 Å². The number of nitrogens with two attached hydrogens (primary N) is 1. The maximum absolute atomic E-state index is 11.8. The van der Waals surface area contributed by atoms with Gasteiger partial charge in [-0.1, -0.05) is 0 Å². The third-order valence-corrected chi connectivity index (χ3v) is 2.81. The SMILES string of the molecule is CC1COCCN1C(=O)C1CC1N. The highest BCUT2D eigenvalue weighted by atomic mass is 16.5. The van der Waals surface area contributed by atoms with Crippen molar-refractivity contribution in [3.63, 3.8) is 0 Å². The van der Waals surface area contributed by atoms with Crippen molar-refractivity contribution >= 4 is 5.91 Å². The van der Waals surface area contributed by atoms with Gasteiger partial charge in [-0.3, -0.25) is 4.79 Å². The Morgan fingerprint density at radius 1 is 1.62 bits per heavy atom. The van der Waals surface area contributed by atoms with Crippen LogP contribution in [0.15, 0.2) is 0 Å². The van der Waals surface area contributed by atoms with E-state index in [0.717, 1.165) is 13.0 Å². The van der Waals surface area contributed by atoms with E-state index in [-0.39, 0.29) is 23.9 Å². The maximum Gasteiger partial charge on any atom is 0.227 e. The number of amides is 1. The second-order valence-electron chi connectivity index (χ2n) is 3.96. The van der Waals surface area contributed by atoms with Gasteiger partial charge in [0.1, 0.15) is 0 Å². The molecule has 1 aliphatic heterocycles. The molecule has 1 saturated heterocycles. The second kappa shape index (κ2) is 3.27. The molecule has 3 unspecified atom stereocenters. The summed E-state index contributed by atoms with van der Waals surface area (Å²) in [5, 5.41) is 0. The van der Waals surface area contributed by atoms with E-state index in [1.807, 2.05) is 11.8 Å². The van der Waals surface area contributed by atoms with Crippen molar-refractivity contribution in [1.29, 1.82) is 0 Å². The van der Waals surface area contributed by atoms with E-state index < -0.39 is 0 Å². The Morgan fingerprint density at radius 3 is 2.85 bits per heavy atom. The van der Waals surface area contributed by atoms with Crippen molar-refractivity contribution in [3.05, 3.63) is 0 Å². The number of carbonyl (C=O) groups excluding carboxylic acids is 1. The van der Waals surface area contributed by atoms with Gasteiger partial charge in [0.25, 0.3) is 0 Å². The smallest absolute Gasteiger partial charge is 0.227 e. The number of hydrogen-bond donors (Lipinski definition) is 1. The highest BCUT2D eigenvalue weighted by Crippen LogP contribution is 2.30. The van der Waals surface area contributed by atoms with E-state index in [1.165, 1.54) is 0 Å². The van der Waals surface area contributed by atoms with Gasteiger partial charge < -0.3 is 15.4 Å². The first kappa shape index (κ1) is 8.97. The number of nitrogens with zero attached hydrogens (tertiary/aromatic N) is 1. The molecule has 1 saturated carbocycles. The molecule has 1 amide bonds. The lowest BCUT2D eigenvalue weighted by Gasteiger charge is -2.33. The zero-order valence-corrected chi connectivity index (χ0v) is 7.90. The first-order chi connectivity index (χ1) is 6.20. The van der Waals surface area contributed by atoms with Crippen LogP contribution < -0.4 is 5.73 Å². The first-order valence-corrected chi connectivity index (χ1v) is 4.84. The number of morpholine rings is 1. The molecule has 2 rings (SSSR count). The van der Waals surface area contributed by atoms with Crippen LogP contribution in [-0.2, 0) is 9.53 Å². The molecule has 2 aliphatic rings. The minimum absolute atomic E-state index is 0.0977. The molecule has 0 radical (unpaired) electrons. The van der Waals surface area contributed by atoms with Gasteiger partial charge in [0.05, 0.1) is 25.2 Å². The molecular weight excluding hydrogens is 168 g/mol. The lowest BCUT2D eigenvalue weighted by atomic mass is 10.2. The van der Waals surface area contributed by atoms with Gasteiger partial charge in [0.15, 0.2) is 0 Å². The van der Waals surface area contributed by atoms with E-state index in [9.17, 15) is 4.79 Å². The van der Waals surface area contributed by atoms with E-state index >= 15 is 0 Å². The molecule has 4 heteroatoms. The fraction of sp³-hybridized carbons (Fsp3) is 0.889. The van der Waals surface area contributed by atoms with E-state index in [2.05, 4.69) is 0 Å². The summed E-state index contributed by atoms with van der Waals surface area (Å²) in [7, 11) is 0. The molecule has 0 aromatic rings. The molecule has 2 fully saturated rings. The minimum atomic E-state index is 0.0977. The predicted octanol–water partition coefficient (Wildman–Crippen LogP) is -0.419. The Kier molecular flexibility index (Phi) is 2.26. The third-order valence-electron chi connectivity index (χ3n) is 2.81. The zero-order valence-electron chi connectivity index (χ0n) is 7.90. The molecule has 74 valence electrons. The topological polar surface area (TPSA) is 55.6 Å². The standard InChI is InChI=1S/C9H16N2O2/c1-6-5-13-3-2-11(6)9(12)7-4-8(7)10/h6-8H,2-5,10H2,1H3. The molecule has 2 N–H and O–H groups in total. The molecule has 0 spiro atoms. The molecule has 0 aromatic heterocycles. The van der Waals surface area contributed by atoms with Gasteiger partial charge in [-0.25, -0.2) is 0 Å². The summed E-state index contributed by atoms with van der Waals surface area (Å²) < 4.78 is 5.26. The average molecular weight is 184 g/mol. The molecule has 4 nitrogen and oxygen atoms in total. The Bertz CT molecular complexity index is 220. The lowest BCUT2D eigenvalue weighted by Crippen LogP contribution is -2.48. The van der Waals surface area contributed by atoms with Gasteiger partial charge >= 0.3 is 0 Å². The molecule has 13 heavy (non-hydrogen) atoms. The third kappa shape index (κ3) is 1.69. The predicted molar refractivity (Wildman–Crippen MR) is 48.1 cm³/mol.